The molecule has 2 amide bonds. The number of halogens is 2. The van der Waals surface area contributed by atoms with Crippen LogP contribution in [0.3, 0.4) is 0 Å². The number of carbonyl (C=O) groups is 2. The van der Waals surface area contributed by atoms with Gasteiger partial charge < -0.3 is 10.2 Å². The summed E-state index contributed by atoms with van der Waals surface area (Å²) in [6.45, 7) is 7.74. The lowest BCUT2D eigenvalue weighted by molar-refractivity contribution is -0.138. The fourth-order valence-corrected chi connectivity index (χ4v) is 4.45. The Bertz CT molecular complexity index is 869. The van der Waals surface area contributed by atoms with Gasteiger partial charge in [-0.1, -0.05) is 53.5 Å². The van der Waals surface area contributed by atoms with Gasteiger partial charge in [-0.05, 0) is 51.0 Å². The lowest BCUT2D eigenvalue weighted by Gasteiger charge is -2.30. The zero-order valence-electron chi connectivity index (χ0n) is 17.7. The van der Waals surface area contributed by atoms with Crippen LogP contribution in [0.25, 0.3) is 0 Å². The van der Waals surface area contributed by atoms with E-state index in [-0.39, 0.29) is 30.2 Å². The fraction of sp³-hybridized carbons (Fsp3) is 0.391. The van der Waals surface area contributed by atoms with Crippen LogP contribution in [0.15, 0.2) is 42.5 Å². The van der Waals surface area contributed by atoms with Gasteiger partial charge in [-0.2, -0.15) is 0 Å². The summed E-state index contributed by atoms with van der Waals surface area (Å²) in [5.74, 6) is 0.655. The van der Waals surface area contributed by atoms with Crippen molar-refractivity contribution in [1.29, 1.82) is 0 Å². The van der Waals surface area contributed by atoms with Crippen molar-refractivity contribution in [2.75, 3.05) is 5.75 Å². The van der Waals surface area contributed by atoms with E-state index in [0.717, 1.165) is 5.75 Å². The van der Waals surface area contributed by atoms with Crippen molar-refractivity contribution >= 4 is 46.8 Å². The van der Waals surface area contributed by atoms with E-state index in [1.165, 1.54) is 22.9 Å². The molecule has 0 aliphatic rings. The summed E-state index contributed by atoms with van der Waals surface area (Å²) in [6.07, 6.45) is 0. The van der Waals surface area contributed by atoms with Gasteiger partial charge in [0.05, 0.1) is 5.75 Å². The number of carbonyl (C=O) groups excluding carboxylic acids is 2. The van der Waals surface area contributed by atoms with Crippen molar-refractivity contribution in [1.82, 2.24) is 10.2 Å². The number of rotatable bonds is 9. The Morgan fingerprint density at radius 3 is 2.27 bits per heavy atom. The third-order valence-electron chi connectivity index (χ3n) is 4.73. The van der Waals surface area contributed by atoms with Gasteiger partial charge in [0.1, 0.15) is 6.04 Å². The second-order valence-electron chi connectivity index (χ2n) is 7.48. The van der Waals surface area contributed by atoms with Crippen LogP contribution >= 0.6 is 35.0 Å². The van der Waals surface area contributed by atoms with E-state index in [1.807, 2.05) is 26.0 Å². The molecular formula is C23H28Cl2N2O2S. The highest BCUT2D eigenvalue weighted by Gasteiger charge is 2.27. The maximum absolute atomic E-state index is 13.1. The second-order valence-corrected chi connectivity index (χ2v) is 9.28. The van der Waals surface area contributed by atoms with Crippen molar-refractivity contribution in [2.45, 2.75) is 52.1 Å². The molecule has 0 unspecified atom stereocenters. The third kappa shape index (κ3) is 6.93. The molecule has 7 heteroatoms. The van der Waals surface area contributed by atoms with E-state index in [0.29, 0.717) is 15.6 Å². The first-order chi connectivity index (χ1) is 14.2. The molecule has 0 aliphatic carbocycles. The Hall–Kier alpha value is -1.69. The van der Waals surface area contributed by atoms with Crippen LogP contribution in [-0.4, -0.2) is 34.6 Å². The highest BCUT2D eigenvalue weighted by molar-refractivity contribution is 7.99. The molecule has 2 aromatic rings. The predicted octanol–water partition coefficient (Wildman–Crippen LogP) is 5.48. The largest absolute Gasteiger partial charge is 0.352 e. The average Bonchev–Trinajstić information content (AvgIpc) is 2.68. The molecule has 1 atom stereocenters. The number of benzene rings is 2. The molecule has 0 bridgehead atoms. The van der Waals surface area contributed by atoms with Crippen molar-refractivity contribution < 1.29 is 9.59 Å². The molecule has 0 fully saturated rings. The first-order valence-corrected chi connectivity index (χ1v) is 11.8. The van der Waals surface area contributed by atoms with Gasteiger partial charge in [0.2, 0.25) is 11.8 Å². The topological polar surface area (TPSA) is 49.4 Å². The van der Waals surface area contributed by atoms with E-state index in [2.05, 4.69) is 24.4 Å². The molecule has 0 radical (unpaired) electrons. The van der Waals surface area contributed by atoms with Crippen LogP contribution in [0.4, 0.5) is 0 Å². The summed E-state index contributed by atoms with van der Waals surface area (Å²) >= 11 is 14.2. The second kappa shape index (κ2) is 11.6. The van der Waals surface area contributed by atoms with Crippen LogP contribution in [0.2, 0.25) is 10.0 Å². The molecular weight excluding hydrogens is 439 g/mol. The zero-order valence-corrected chi connectivity index (χ0v) is 20.1. The summed E-state index contributed by atoms with van der Waals surface area (Å²) in [5, 5.41) is 3.83. The summed E-state index contributed by atoms with van der Waals surface area (Å²) in [4.78, 5) is 27.3. The number of amides is 2. The Balaban J connectivity index is 2.16. The van der Waals surface area contributed by atoms with Gasteiger partial charge in [-0.3, -0.25) is 9.59 Å². The highest BCUT2D eigenvalue weighted by Crippen LogP contribution is 2.27. The van der Waals surface area contributed by atoms with E-state index in [9.17, 15) is 9.59 Å². The summed E-state index contributed by atoms with van der Waals surface area (Å²) < 4.78 is 0. The molecule has 2 rings (SSSR count). The first kappa shape index (κ1) is 24.6. The minimum Gasteiger partial charge on any atom is -0.352 e. The lowest BCUT2D eigenvalue weighted by Crippen LogP contribution is -2.49. The van der Waals surface area contributed by atoms with Gasteiger partial charge in [0.25, 0.3) is 0 Å². The molecule has 0 saturated heterocycles. The third-order valence-corrected chi connectivity index (χ3v) is 6.41. The summed E-state index contributed by atoms with van der Waals surface area (Å²) in [5.41, 5.74) is 3.03. The van der Waals surface area contributed by atoms with Gasteiger partial charge in [-0.25, -0.2) is 0 Å². The maximum atomic E-state index is 13.1. The SMILES string of the molecule is Cc1ccccc1CSCC(=O)N(Cc1c(Cl)cccc1Cl)[C@H](C)C(=O)NC(C)C. The number of hydrogen-bond acceptors (Lipinski definition) is 3. The molecule has 30 heavy (non-hydrogen) atoms. The van der Waals surface area contributed by atoms with Gasteiger partial charge >= 0.3 is 0 Å². The Labute approximate surface area is 193 Å². The minimum atomic E-state index is -0.647. The molecule has 1 N–H and O–H groups in total. The predicted molar refractivity (Wildman–Crippen MR) is 127 cm³/mol. The quantitative estimate of drug-likeness (QED) is 0.532. The van der Waals surface area contributed by atoms with Crippen LogP contribution < -0.4 is 5.32 Å². The number of nitrogens with zero attached hydrogens (tertiary/aromatic N) is 1. The normalized spacial score (nSPS) is 12.0. The van der Waals surface area contributed by atoms with Crippen molar-refractivity contribution in [3.8, 4) is 0 Å². The van der Waals surface area contributed by atoms with E-state index in [4.69, 9.17) is 23.2 Å². The molecule has 0 heterocycles. The number of thioether (sulfide) groups is 1. The monoisotopic (exact) mass is 466 g/mol. The van der Waals surface area contributed by atoms with Crippen molar-refractivity contribution in [3.63, 3.8) is 0 Å². The molecule has 0 aromatic heterocycles. The van der Waals surface area contributed by atoms with Crippen LogP contribution in [0.5, 0.6) is 0 Å². The van der Waals surface area contributed by atoms with Crippen molar-refractivity contribution in [3.05, 3.63) is 69.2 Å². The number of nitrogens with one attached hydrogen (secondary N) is 1. The summed E-state index contributed by atoms with van der Waals surface area (Å²) in [6, 6.07) is 12.7. The average molecular weight is 467 g/mol. The standard InChI is InChI=1S/C23H28Cl2N2O2S/c1-15(2)26-23(29)17(4)27(12-19-20(24)10-7-11-21(19)25)22(28)14-30-13-18-9-6-5-8-16(18)3/h5-11,15,17H,12-14H2,1-4H3,(H,26,29)/t17-/m1/s1. The van der Waals surface area contributed by atoms with Gasteiger partial charge in [0, 0.05) is 33.9 Å². The van der Waals surface area contributed by atoms with E-state index in [1.54, 1.807) is 30.0 Å². The van der Waals surface area contributed by atoms with Crippen LogP contribution in [-0.2, 0) is 21.9 Å². The molecule has 4 nitrogen and oxygen atoms in total. The molecule has 0 spiro atoms. The van der Waals surface area contributed by atoms with Crippen molar-refractivity contribution in [2.24, 2.45) is 0 Å². The smallest absolute Gasteiger partial charge is 0.242 e. The van der Waals surface area contributed by atoms with Gasteiger partial charge in [-0.15, -0.1) is 11.8 Å². The number of aryl methyl sites for hydroxylation is 1. The minimum absolute atomic E-state index is 0.0174. The Kier molecular flexibility index (Phi) is 9.53. The lowest BCUT2D eigenvalue weighted by atomic mass is 10.1. The molecule has 0 aliphatic heterocycles. The highest BCUT2D eigenvalue weighted by atomic mass is 35.5. The Morgan fingerprint density at radius 1 is 1.03 bits per heavy atom. The fourth-order valence-electron chi connectivity index (χ4n) is 2.94. The van der Waals surface area contributed by atoms with Crippen LogP contribution in [0, 0.1) is 6.92 Å². The maximum Gasteiger partial charge on any atom is 0.242 e. The first-order valence-electron chi connectivity index (χ1n) is 9.85. The zero-order chi connectivity index (χ0) is 22.3. The molecule has 2 aromatic carbocycles. The van der Waals surface area contributed by atoms with Gasteiger partial charge in [0.15, 0.2) is 0 Å². The number of hydrogen-bond donors (Lipinski definition) is 1. The van der Waals surface area contributed by atoms with Crippen LogP contribution in [0.1, 0.15) is 37.5 Å². The van der Waals surface area contributed by atoms with E-state index >= 15 is 0 Å². The van der Waals surface area contributed by atoms with E-state index < -0.39 is 6.04 Å². The molecule has 162 valence electrons. The Morgan fingerprint density at radius 2 is 1.67 bits per heavy atom. The molecule has 0 saturated carbocycles. The summed E-state index contributed by atoms with van der Waals surface area (Å²) in [7, 11) is 0.